The minimum atomic E-state index is -3.68. The lowest BCUT2D eigenvalue weighted by molar-refractivity contribution is 0.601. The monoisotopic (exact) mass is 271 g/mol. The van der Waals surface area contributed by atoms with Crippen molar-refractivity contribution in [1.82, 2.24) is 14.8 Å². The van der Waals surface area contributed by atoms with E-state index in [9.17, 15) is 8.42 Å². The SMILES string of the molecule is Cc1ccc(S(=O)(=O)Nc2nnns2)cc1N. The molecule has 0 aliphatic carbocycles. The molecule has 1 aromatic carbocycles. The Labute approximate surface area is 102 Å². The lowest BCUT2D eigenvalue weighted by atomic mass is 10.2. The van der Waals surface area contributed by atoms with E-state index in [1.165, 1.54) is 12.1 Å². The molecule has 0 aliphatic heterocycles. The molecular weight excluding hydrogens is 262 g/mol. The zero-order chi connectivity index (χ0) is 12.5. The number of hydrogen-bond acceptors (Lipinski definition) is 7. The van der Waals surface area contributed by atoms with Crippen molar-refractivity contribution in [2.75, 3.05) is 10.5 Å². The number of hydrogen-bond donors (Lipinski definition) is 2. The summed E-state index contributed by atoms with van der Waals surface area (Å²) >= 11 is 0.858. The summed E-state index contributed by atoms with van der Waals surface area (Å²) in [5, 5.41) is 6.92. The Bertz CT molecular complexity index is 623. The van der Waals surface area contributed by atoms with Gasteiger partial charge in [0.1, 0.15) is 0 Å². The van der Waals surface area contributed by atoms with Gasteiger partial charge in [0.05, 0.1) is 4.90 Å². The van der Waals surface area contributed by atoms with Crippen molar-refractivity contribution in [1.29, 1.82) is 0 Å². The highest BCUT2D eigenvalue weighted by atomic mass is 32.2. The molecule has 0 spiro atoms. The summed E-state index contributed by atoms with van der Waals surface area (Å²) in [4.78, 5) is 0.0794. The Morgan fingerprint density at radius 3 is 2.76 bits per heavy atom. The molecule has 0 radical (unpaired) electrons. The van der Waals surface area contributed by atoms with Gasteiger partial charge in [0.2, 0.25) is 5.13 Å². The van der Waals surface area contributed by atoms with E-state index in [4.69, 9.17) is 5.73 Å². The summed E-state index contributed by atoms with van der Waals surface area (Å²) in [5.41, 5.74) is 6.90. The first kappa shape index (κ1) is 11.7. The van der Waals surface area contributed by atoms with Gasteiger partial charge in [-0.2, -0.15) is 0 Å². The van der Waals surface area contributed by atoms with Gasteiger partial charge in [-0.1, -0.05) is 15.7 Å². The molecule has 9 heteroatoms. The van der Waals surface area contributed by atoms with Crippen LogP contribution in [0.3, 0.4) is 0 Å². The van der Waals surface area contributed by atoms with Gasteiger partial charge >= 0.3 is 0 Å². The maximum Gasteiger partial charge on any atom is 0.263 e. The second-order valence-corrected chi connectivity index (χ2v) is 5.71. The Hall–Kier alpha value is -1.74. The molecule has 0 atom stereocenters. The third-order valence-corrected chi connectivity index (χ3v) is 4.06. The van der Waals surface area contributed by atoms with Crippen LogP contribution in [-0.2, 0) is 10.0 Å². The van der Waals surface area contributed by atoms with E-state index >= 15 is 0 Å². The fourth-order valence-electron chi connectivity index (χ4n) is 1.13. The molecule has 0 saturated carbocycles. The van der Waals surface area contributed by atoms with Gasteiger partial charge in [-0.15, -0.1) is 0 Å². The van der Waals surface area contributed by atoms with Crippen LogP contribution >= 0.6 is 11.5 Å². The molecule has 17 heavy (non-hydrogen) atoms. The van der Waals surface area contributed by atoms with E-state index in [2.05, 4.69) is 19.5 Å². The number of nitrogens with one attached hydrogen (secondary N) is 1. The summed E-state index contributed by atoms with van der Waals surface area (Å²) < 4.78 is 29.5. The van der Waals surface area contributed by atoms with Crippen LogP contribution in [0.15, 0.2) is 23.1 Å². The first-order valence-electron chi connectivity index (χ1n) is 4.53. The third-order valence-electron chi connectivity index (χ3n) is 2.08. The average molecular weight is 271 g/mol. The lowest BCUT2D eigenvalue weighted by Gasteiger charge is -2.06. The van der Waals surface area contributed by atoms with Gasteiger partial charge in [0.15, 0.2) is 0 Å². The molecule has 7 nitrogen and oxygen atoms in total. The fraction of sp³-hybridized carbons (Fsp3) is 0.125. The van der Waals surface area contributed by atoms with E-state index in [-0.39, 0.29) is 10.0 Å². The van der Waals surface area contributed by atoms with E-state index in [1.54, 1.807) is 13.0 Å². The fourth-order valence-corrected chi connectivity index (χ4v) is 2.75. The van der Waals surface area contributed by atoms with Crippen LogP contribution in [-0.4, -0.2) is 23.2 Å². The molecule has 0 fully saturated rings. The van der Waals surface area contributed by atoms with Crippen molar-refractivity contribution >= 4 is 32.4 Å². The van der Waals surface area contributed by atoms with E-state index in [1.807, 2.05) is 0 Å². The van der Waals surface area contributed by atoms with Gasteiger partial charge in [-0.3, -0.25) is 4.72 Å². The summed E-state index contributed by atoms with van der Waals surface area (Å²) in [7, 11) is -3.68. The van der Waals surface area contributed by atoms with Crippen molar-refractivity contribution < 1.29 is 8.42 Å². The van der Waals surface area contributed by atoms with E-state index in [0.717, 1.165) is 17.1 Å². The zero-order valence-electron chi connectivity index (χ0n) is 8.78. The Kier molecular flexibility index (Phi) is 2.94. The Morgan fingerprint density at radius 2 is 2.18 bits per heavy atom. The van der Waals surface area contributed by atoms with Crippen LogP contribution in [0.4, 0.5) is 10.8 Å². The van der Waals surface area contributed by atoms with E-state index < -0.39 is 10.0 Å². The largest absolute Gasteiger partial charge is 0.398 e. The molecule has 0 aliphatic rings. The number of nitrogens with two attached hydrogens (primary N) is 1. The molecule has 0 saturated heterocycles. The van der Waals surface area contributed by atoms with Crippen molar-refractivity contribution in [3.05, 3.63) is 23.8 Å². The number of nitrogen functional groups attached to an aromatic ring is 1. The summed E-state index contributed by atoms with van der Waals surface area (Å²) in [6.07, 6.45) is 0. The van der Waals surface area contributed by atoms with Gasteiger partial charge < -0.3 is 5.73 Å². The quantitative estimate of drug-likeness (QED) is 0.792. The molecule has 0 unspecified atom stereocenters. The number of aromatic nitrogens is 3. The van der Waals surface area contributed by atoms with Crippen LogP contribution in [0.2, 0.25) is 0 Å². The van der Waals surface area contributed by atoms with Crippen molar-refractivity contribution in [2.24, 2.45) is 0 Å². The number of aryl methyl sites for hydroxylation is 1. The van der Waals surface area contributed by atoms with Gasteiger partial charge in [0.25, 0.3) is 10.0 Å². The van der Waals surface area contributed by atoms with Crippen LogP contribution in [0.25, 0.3) is 0 Å². The minimum Gasteiger partial charge on any atom is -0.398 e. The molecule has 1 aromatic heterocycles. The zero-order valence-corrected chi connectivity index (χ0v) is 10.4. The molecule has 2 aromatic rings. The van der Waals surface area contributed by atoms with Crippen LogP contribution in [0.5, 0.6) is 0 Å². The predicted molar refractivity (Wildman–Crippen MR) is 64.1 cm³/mol. The molecule has 0 amide bonds. The van der Waals surface area contributed by atoms with Crippen molar-refractivity contribution in [3.63, 3.8) is 0 Å². The second-order valence-electron chi connectivity index (χ2n) is 3.29. The molecule has 90 valence electrons. The highest BCUT2D eigenvalue weighted by Crippen LogP contribution is 2.20. The molecule has 0 bridgehead atoms. The second kappa shape index (κ2) is 4.26. The van der Waals surface area contributed by atoms with Crippen LogP contribution in [0, 0.1) is 6.92 Å². The maximum absolute atomic E-state index is 11.9. The predicted octanol–water partition coefficient (Wildman–Crippen LogP) is 0.625. The number of sulfonamides is 1. The Morgan fingerprint density at radius 1 is 1.41 bits per heavy atom. The highest BCUT2D eigenvalue weighted by molar-refractivity contribution is 7.93. The smallest absolute Gasteiger partial charge is 0.263 e. The lowest BCUT2D eigenvalue weighted by Crippen LogP contribution is -2.13. The highest BCUT2D eigenvalue weighted by Gasteiger charge is 2.16. The molecule has 1 heterocycles. The molecule has 2 rings (SSSR count). The number of anilines is 2. The van der Waals surface area contributed by atoms with Gasteiger partial charge in [-0.25, -0.2) is 8.42 Å². The first-order chi connectivity index (χ1) is 7.99. The standard InChI is InChI=1S/C8H9N5O2S2/c1-5-2-3-6(4-7(5)9)17(14,15)11-8-10-12-13-16-8/h2-4H,9H2,1H3,(H,10,11,13). The van der Waals surface area contributed by atoms with Gasteiger partial charge in [0, 0.05) is 17.2 Å². The molecular formula is C8H9N5O2S2. The summed E-state index contributed by atoms with van der Waals surface area (Å²) in [5.74, 6) is 0. The summed E-state index contributed by atoms with van der Waals surface area (Å²) in [6, 6.07) is 4.51. The number of benzene rings is 1. The molecule has 3 N–H and O–H groups in total. The average Bonchev–Trinajstić information content (AvgIpc) is 2.73. The first-order valence-corrected chi connectivity index (χ1v) is 6.79. The van der Waals surface area contributed by atoms with Crippen LogP contribution in [0.1, 0.15) is 5.56 Å². The topological polar surface area (TPSA) is 111 Å². The van der Waals surface area contributed by atoms with Crippen molar-refractivity contribution in [3.8, 4) is 0 Å². The minimum absolute atomic E-state index is 0.0794. The van der Waals surface area contributed by atoms with Crippen LogP contribution < -0.4 is 10.5 Å². The normalized spacial score (nSPS) is 11.4. The van der Waals surface area contributed by atoms with Gasteiger partial charge in [-0.05, 0) is 29.8 Å². The third kappa shape index (κ3) is 2.50. The summed E-state index contributed by atoms with van der Waals surface area (Å²) in [6.45, 7) is 1.80. The Balaban J connectivity index is 2.35. The van der Waals surface area contributed by atoms with Crippen molar-refractivity contribution in [2.45, 2.75) is 11.8 Å². The van der Waals surface area contributed by atoms with E-state index in [0.29, 0.717) is 5.69 Å². The number of rotatable bonds is 3. The maximum atomic E-state index is 11.9. The number of nitrogens with zero attached hydrogens (tertiary/aromatic N) is 3.